The molecule has 1 aromatic carbocycles. The average Bonchev–Trinajstić information content (AvgIpc) is 2.57. The molecule has 2 aromatic heterocycles. The van der Waals surface area contributed by atoms with Gasteiger partial charge in [0.2, 0.25) is 0 Å². The highest BCUT2D eigenvalue weighted by molar-refractivity contribution is 6.06. The third-order valence-electron chi connectivity index (χ3n) is 3.42. The van der Waals surface area contributed by atoms with Gasteiger partial charge in [0.15, 0.2) is 11.5 Å². The van der Waals surface area contributed by atoms with Gasteiger partial charge in [0.05, 0.1) is 23.1 Å². The predicted octanol–water partition coefficient (Wildman–Crippen LogP) is 2.84. The first-order chi connectivity index (χ1) is 12.0. The van der Waals surface area contributed by atoms with Gasteiger partial charge in [-0.3, -0.25) is 9.78 Å². The van der Waals surface area contributed by atoms with Gasteiger partial charge in [0, 0.05) is 18.0 Å². The molecule has 0 aliphatic carbocycles. The first-order valence-corrected chi connectivity index (χ1v) is 7.19. The molecular formula is C17H13F2N5O. The zero-order chi connectivity index (χ0) is 18.0. The fraction of sp³-hybridized carbons (Fsp3) is 0. The Bertz CT molecular complexity index is 927. The molecule has 2 heterocycles. The van der Waals surface area contributed by atoms with Crippen LogP contribution in [0.1, 0.15) is 10.5 Å². The van der Waals surface area contributed by atoms with Gasteiger partial charge in [-0.25, -0.2) is 13.8 Å². The van der Waals surface area contributed by atoms with Crippen molar-refractivity contribution in [2.75, 3.05) is 16.8 Å². The number of halogens is 2. The van der Waals surface area contributed by atoms with Crippen molar-refractivity contribution in [1.82, 2.24) is 9.97 Å². The number of nitrogens with two attached hydrogens (primary N) is 2. The lowest BCUT2D eigenvalue weighted by molar-refractivity contribution is 0.102. The maximum Gasteiger partial charge on any atom is 0.276 e. The molecule has 0 unspecified atom stereocenters. The van der Waals surface area contributed by atoms with E-state index in [1.807, 2.05) is 0 Å². The molecule has 126 valence electrons. The monoisotopic (exact) mass is 341 g/mol. The smallest absolute Gasteiger partial charge is 0.276 e. The first-order valence-electron chi connectivity index (χ1n) is 7.19. The fourth-order valence-corrected chi connectivity index (χ4v) is 2.28. The molecule has 0 spiro atoms. The molecule has 0 aliphatic rings. The Hall–Kier alpha value is -3.55. The molecule has 0 bridgehead atoms. The summed E-state index contributed by atoms with van der Waals surface area (Å²) in [6.07, 6.45) is 2.96. The number of pyridine rings is 2. The maximum atomic E-state index is 14.3. The number of rotatable bonds is 3. The van der Waals surface area contributed by atoms with Gasteiger partial charge in [-0.1, -0.05) is 6.07 Å². The van der Waals surface area contributed by atoms with Crippen molar-refractivity contribution in [2.24, 2.45) is 0 Å². The average molecular weight is 341 g/mol. The minimum absolute atomic E-state index is 0.00483. The molecule has 1 amide bonds. The number of nitrogens with one attached hydrogen (secondary N) is 1. The number of amides is 1. The quantitative estimate of drug-likeness (QED) is 0.635. The van der Waals surface area contributed by atoms with Crippen LogP contribution >= 0.6 is 0 Å². The number of hydrogen-bond donors (Lipinski definition) is 3. The number of benzene rings is 1. The molecule has 0 aliphatic heterocycles. The van der Waals surface area contributed by atoms with Gasteiger partial charge in [0.25, 0.3) is 5.91 Å². The largest absolute Gasteiger partial charge is 0.398 e. The summed E-state index contributed by atoms with van der Waals surface area (Å²) < 4.78 is 28.3. The minimum Gasteiger partial charge on any atom is -0.398 e. The van der Waals surface area contributed by atoms with Crippen molar-refractivity contribution < 1.29 is 13.6 Å². The van der Waals surface area contributed by atoms with Gasteiger partial charge < -0.3 is 16.8 Å². The number of aromatic nitrogens is 2. The van der Waals surface area contributed by atoms with Gasteiger partial charge in [0.1, 0.15) is 11.5 Å². The van der Waals surface area contributed by atoms with Gasteiger partial charge >= 0.3 is 0 Å². The van der Waals surface area contributed by atoms with E-state index < -0.39 is 17.5 Å². The lowest BCUT2D eigenvalue weighted by Crippen LogP contribution is -2.17. The first kappa shape index (κ1) is 16.3. The summed E-state index contributed by atoms with van der Waals surface area (Å²) in [6.45, 7) is 0. The Labute approximate surface area is 141 Å². The molecule has 0 saturated carbocycles. The molecule has 0 radical (unpaired) electrons. The Morgan fingerprint density at radius 3 is 2.52 bits per heavy atom. The summed E-state index contributed by atoms with van der Waals surface area (Å²) in [5.41, 5.74) is 10.8. The molecule has 8 heteroatoms. The second kappa shape index (κ2) is 6.52. The van der Waals surface area contributed by atoms with E-state index >= 15 is 0 Å². The topological polar surface area (TPSA) is 107 Å². The molecule has 3 aromatic rings. The SMILES string of the molecule is Nc1cc(F)c(-c2c(N)cccc2F)nc1C(=O)Nc1cccnc1. The van der Waals surface area contributed by atoms with E-state index in [1.54, 1.807) is 18.3 Å². The zero-order valence-electron chi connectivity index (χ0n) is 12.8. The van der Waals surface area contributed by atoms with Crippen LogP contribution < -0.4 is 16.8 Å². The van der Waals surface area contributed by atoms with E-state index in [0.29, 0.717) is 5.69 Å². The van der Waals surface area contributed by atoms with E-state index in [0.717, 1.165) is 12.1 Å². The lowest BCUT2D eigenvalue weighted by atomic mass is 10.1. The van der Waals surface area contributed by atoms with Crippen molar-refractivity contribution in [3.05, 3.63) is 66.1 Å². The van der Waals surface area contributed by atoms with Crippen LogP contribution in [0, 0.1) is 11.6 Å². The van der Waals surface area contributed by atoms with Crippen molar-refractivity contribution in [3.63, 3.8) is 0 Å². The number of hydrogen-bond acceptors (Lipinski definition) is 5. The summed E-state index contributed by atoms with van der Waals surface area (Å²) in [5, 5.41) is 2.54. The third kappa shape index (κ3) is 3.23. The van der Waals surface area contributed by atoms with Crippen LogP contribution in [0.15, 0.2) is 48.8 Å². The molecule has 3 rings (SSSR count). The number of anilines is 3. The van der Waals surface area contributed by atoms with Crippen molar-refractivity contribution in [3.8, 4) is 11.3 Å². The Morgan fingerprint density at radius 2 is 1.84 bits per heavy atom. The molecule has 0 atom stereocenters. The summed E-state index contributed by atoms with van der Waals surface area (Å²) in [6, 6.07) is 8.07. The number of carbonyl (C=O) groups excluding carboxylic acids is 1. The standard InChI is InChI=1S/C17H13F2N5O/c18-10-4-1-5-12(20)14(10)15-11(19)7-13(21)16(24-15)17(25)23-9-3-2-6-22-8-9/h1-8H,20-21H2,(H,23,25). The highest BCUT2D eigenvalue weighted by atomic mass is 19.1. The van der Waals surface area contributed by atoms with E-state index in [-0.39, 0.29) is 28.3 Å². The predicted molar refractivity (Wildman–Crippen MR) is 90.6 cm³/mol. The van der Waals surface area contributed by atoms with Gasteiger partial charge in [-0.2, -0.15) is 0 Å². The third-order valence-corrected chi connectivity index (χ3v) is 3.42. The Morgan fingerprint density at radius 1 is 1.04 bits per heavy atom. The summed E-state index contributed by atoms with van der Waals surface area (Å²) in [5.74, 6) is -2.32. The van der Waals surface area contributed by atoms with Crippen LogP contribution in [-0.2, 0) is 0 Å². The second-order valence-electron chi connectivity index (χ2n) is 5.16. The summed E-state index contributed by atoms with van der Waals surface area (Å²) >= 11 is 0. The van der Waals surface area contributed by atoms with Crippen molar-refractivity contribution in [1.29, 1.82) is 0 Å². The van der Waals surface area contributed by atoms with Crippen LogP contribution in [0.5, 0.6) is 0 Å². The zero-order valence-corrected chi connectivity index (χ0v) is 12.8. The maximum absolute atomic E-state index is 14.3. The van der Waals surface area contributed by atoms with Gasteiger partial charge in [-0.15, -0.1) is 0 Å². The van der Waals surface area contributed by atoms with Crippen LogP contribution in [0.25, 0.3) is 11.3 Å². The van der Waals surface area contributed by atoms with Crippen molar-refractivity contribution >= 4 is 23.0 Å². The van der Waals surface area contributed by atoms with E-state index in [9.17, 15) is 13.6 Å². The number of carbonyl (C=O) groups is 1. The normalized spacial score (nSPS) is 10.5. The Balaban J connectivity index is 2.06. The Kier molecular flexibility index (Phi) is 4.25. The fourth-order valence-electron chi connectivity index (χ4n) is 2.28. The van der Waals surface area contributed by atoms with Crippen LogP contribution in [0.2, 0.25) is 0 Å². The van der Waals surface area contributed by atoms with Crippen LogP contribution in [-0.4, -0.2) is 15.9 Å². The molecule has 5 N–H and O–H groups in total. The molecular weight excluding hydrogens is 328 g/mol. The summed E-state index contributed by atoms with van der Waals surface area (Å²) in [4.78, 5) is 20.1. The van der Waals surface area contributed by atoms with E-state index in [1.165, 1.54) is 18.3 Å². The second-order valence-corrected chi connectivity index (χ2v) is 5.16. The number of nitrogens with zero attached hydrogens (tertiary/aromatic N) is 2. The molecule has 0 saturated heterocycles. The van der Waals surface area contributed by atoms with E-state index in [2.05, 4.69) is 15.3 Å². The summed E-state index contributed by atoms with van der Waals surface area (Å²) in [7, 11) is 0. The molecule has 25 heavy (non-hydrogen) atoms. The van der Waals surface area contributed by atoms with Crippen molar-refractivity contribution in [2.45, 2.75) is 0 Å². The van der Waals surface area contributed by atoms with Crippen LogP contribution in [0.3, 0.4) is 0 Å². The lowest BCUT2D eigenvalue weighted by Gasteiger charge is -2.12. The molecule has 6 nitrogen and oxygen atoms in total. The molecule has 0 fully saturated rings. The number of nitrogen functional groups attached to an aromatic ring is 2. The highest BCUT2D eigenvalue weighted by Gasteiger charge is 2.21. The van der Waals surface area contributed by atoms with Gasteiger partial charge in [-0.05, 0) is 24.3 Å². The van der Waals surface area contributed by atoms with Crippen LogP contribution in [0.4, 0.5) is 25.8 Å². The van der Waals surface area contributed by atoms with E-state index in [4.69, 9.17) is 11.5 Å². The minimum atomic E-state index is -0.882. The highest BCUT2D eigenvalue weighted by Crippen LogP contribution is 2.31.